The molecule has 4 nitrogen and oxygen atoms in total. The Morgan fingerprint density at radius 3 is 2.68 bits per heavy atom. The molecule has 6 heteroatoms. The quantitative estimate of drug-likeness (QED) is 0.545. The van der Waals surface area contributed by atoms with Crippen LogP contribution in [0.1, 0.15) is 24.0 Å². The van der Waals surface area contributed by atoms with Crippen LogP contribution in [-0.4, -0.2) is 25.4 Å². The second-order valence-electron chi connectivity index (χ2n) is 5.54. The fraction of sp³-hybridized carbons (Fsp3) is 0.368. The van der Waals surface area contributed by atoms with Crippen LogP contribution < -0.4 is 14.8 Å². The maximum absolute atomic E-state index is 8.86. The minimum atomic E-state index is 0.219. The van der Waals surface area contributed by atoms with E-state index >= 15 is 0 Å². The molecule has 0 spiro atoms. The molecule has 0 amide bonds. The predicted molar refractivity (Wildman–Crippen MR) is 105 cm³/mol. The largest absolute Gasteiger partial charge is 0.493 e. The van der Waals surface area contributed by atoms with Crippen LogP contribution in [0, 0.1) is 0 Å². The molecule has 136 valence electrons. The number of hydrogen-bond acceptors (Lipinski definition) is 4. The number of hydrogen-bond donors (Lipinski definition) is 2. The van der Waals surface area contributed by atoms with Crippen molar-refractivity contribution in [2.75, 3.05) is 20.3 Å². The number of rotatable bonds is 10. The van der Waals surface area contributed by atoms with Gasteiger partial charge >= 0.3 is 0 Å². The third-order valence-corrected chi connectivity index (χ3v) is 4.89. The van der Waals surface area contributed by atoms with Crippen LogP contribution in [-0.2, 0) is 13.2 Å². The average Bonchev–Trinajstić information content (AvgIpc) is 2.62. The highest BCUT2D eigenvalue weighted by molar-refractivity contribution is 9.10. The van der Waals surface area contributed by atoms with Gasteiger partial charge < -0.3 is 19.9 Å². The van der Waals surface area contributed by atoms with E-state index < -0.39 is 0 Å². The fourth-order valence-corrected chi connectivity index (χ4v) is 3.05. The van der Waals surface area contributed by atoms with E-state index in [0.29, 0.717) is 29.7 Å². The van der Waals surface area contributed by atoms with Gasteiger partial charge in [0.2, 0.25) is 0 Å². The highest BCUT2D eigenvalue weighted by Crippen LogP contribution is 2.37. The lowest BCUT2D eigenvalue weighted by molar-refractivity contribution is 0.278. The molecule has 0 heterocycles. The Morgan fingerprint density at radius 2 is 1.96 bits per heavy atom. The second kappa shape index (κ2) is 10.7. The van der Waals surface area contributed by atoms with E-state index in [4.69, 9.17) is 26.2 Å². The Kier molecular flexibility index (Phi) is 8.55. The number of nitrogens with one attached hydrogen (secondary N) is 1. The van der Waals surface area contributed by atoms with Gasteiger partial charge in [-0.25, -0.2) is 0 Å². The van der Waals surface area contributed by atoms with E-state index in [-0.39, 0.29) is 6.61 Å². The SMILES string of the molecule is COc1ccc(Br)c(CNCCCCO)c1OCc1ccccc1Cl. The third kappa shape index (κ3) is 5.89. The molecule has 0 atom stereocenters. The van der Waals surface area contributed by atoms with Crippen LogP contribution >= 0.6 is 27.5 Å². The van der Waals surface area contributed by atoms with Crippen LogP contribution in [0.3, 0.4) is 0 Å². The normalized spacial score (nSPS) is 10.7. The van der Waals surface area contributed by atoms with E-state index in [9.17, 15) is 0 Å². The molecule has 0 aliphatic carbocycles. The predicted octanol–water partition coefficient (Wildman–Crippen LogP) is 4.55. The molecule has 2 aromatic rings. The van der Waals surface area contributed by atoms with Gasteiger partial charge in [0.25, 0.3) is 0 Å². The minimum absolute atomic E-state index is 0.219. The van der Waals surface area contributed by atoms with Crippen molar-refractivity contribution in [2.24, 2.45) is 0 Å². The zero-order valence-electron chi connectivity index (χ0n) is 14.2. The topological polar surface area (TPSA) is 50.7 Å². The molecule has 25 heavy (non-hydrogen) atoms. The lowest BCUT2D eigenvalue weighted by Gasteiger charge is -2.17. The Hall–Kier alpha value is -1.27. The summed E-state index contributed by atoms with van der Waals surface area (Å²) in [5, 5.41) is 12.9. The van der Waals surface area contributed by atoms with E-state index in [0.717, 1.165) is 35.0 Å². The summed E-state index contributed by atoms with van der Waals surface area (Å²) in [5.74, 6) is 1.38. The maximum Gasteiger partial charge on any atom is 0.167 e. The monoisotopic (exact) mass is 427 g/mol. The summed E-state index contributed by atoms with van der Waals surface area (Å²) in [5.41, 5.74) is 1.92. The van der Waals surface area contributed by atoms with Crippen molar-refractivity contribution in [3.8, 4) is 11.5 Å². The number of aliphatic hydroxyl groups excluding tert-OH is 1. The summed E-state index contributed by atoms with van der Waals surface area (Å²) in [6, 6.07) is 11.5. The standard InChI is InChI=1S/C19H23BrClNO3/c1-24-18-9-8-16(20)15(12-22-10-4-5-11-23)19(18)25-13-14-6-2-3-7-17(14)21/h2-3,6-9,22-23H,4-5,10-13H2,1H3. The first-order valence-corrected chi connectivity index (χ1v) is 9.37. The van der Waals surface area contributed by atoms with Crippen molar-refractivity contribution in [2.45, 2.75) is 26.0 Å². The molecule has 2 N–H and O–H groups in total. The van der Waals surface area contributed by atoms with E-state index in [1.807, 2.05) is 36.4 Å². The van der Waals surface area contributed by atoms with Gasteiger partial charge in [0.05, 0.1) is 7.11 Å². The summed E-state index contributed by atoms with van der Waals surface area (Å²) < 4.78 is 12.5. The summed E-state index contributed by atoms with van der Waals surface area (Å²) in [7, 11) is 1.63. The van der Waals surface area contributed by atoms with Crippen molar-refractivity contribution in [3.05, 3.63) is 57.0 Å². The van der Waals surface area contributed by atoms with Crippen LogP contribution in [0.5, 0.6) is 11.5 Å². The van der Waals surface area contributed by atoms with E-state index in [1.54, 1.807) is 7.11 Å². The zero-order chi connectivity index (χ0) is 18.1. The van der Waals surface area contributed by atoms with Gasteiger partial charge in [-0.2, -0.15) is 0 Å². The van der Waals surface area contributed by atoms with Gasteiger partial charge in [-0.3, -0.25) is 0 Å². The third-order valence-electron chi connectivity index (χ3n) is 3.78. The first-order valence-electron chi connectivity index (χ1n) is 8.20. The lowest BCUT2D eigenvalue weighted by atomic mass is 10.1. The number of benzene rings is 2. The van der Waals surface area contributed by atoms with Gasteiger partial charge in [-0.15, -0.1) is 0 Å². The molecule has 0 unspecified atom stereocenters. The van der Waals surface area contributed by atoms with Crippen molar-refractivity contribution in [3.63, 3.8) is 0 Å². The van der Waals surface area contributed by atoms with E-state index in [2.05, 4.69) is 21.2 Å². The van der Waals surface area contributed by atoms with Gasteiger partial charge in [-0.05, 0) is 37.6 Å². The maximum atomic E-state index is 8.86. The molecular weight excluding hydrogens is 406 g/mol. The second-order valence-corrected chi connectivity index (χ2v) is 6.81. The molecule has 0 aromatic heterocycles. The minimum Gasteiger partial charge on any atom is -0.493 e. The van der Waals surface area contributed by atoms with Crippen LogP contribution in [0.2, 0.25) is 5.02 Å². The van der Waals surface area contributed by atoms with Crippen LogP contribution in [0.15, 0.2) is 40.9 Å². The Morgan fingerprint density at radius 1 is 1.16 bits per heavy atom. The molecule has 0 aliphatic rings. The van der Waals surface area contributed by atoms with Crippen molar-refractivity contribution >= 4 is 27.5 Å². The van der Waals surface area contributed by atoms with Crippen LogP contribution in [0.4, 0.5) is 0 Å². The zero-order valence-corrected chi connectivity index (χ0v) is 16.6. The number of unbranched alkanes of at least 4 members (excludes halogenated alkanes) is 1. The first-order chi connectivity index (χ1) is 12.2. The molecule has 0 saturated heterocycles. The molecule has 0 saturated carbocycles. The molecule has 0 radical (unpaired) electrons. The first kappa shape index (κ1) is 20.0. The lowest BCUT2D eigenvalue weighted by Crippen LogP contribution is -2.16. The molecule has 2 rings (SSSR count). The average molecular weight is 429 g/mol. The Balaban J connectivity index is 2.13. The molecule has 0 bridgehead atoms. The highest BCUT2D eigenvalue weighted by atomic mass is 79.9. The fourth-order valence-electron chi connectivity index (χ4n) is 2.41. The summed E-state index contributed by atoms with van der Waals surface area (Å²) >= 11 is 9.81. The van der Waals surface area contributed by atoms with Gasteiger partial charge in [0.1, 0.15) is 6.61 Å². The summed E-state index contributed by atoms with van der Waals surface area (Å²) in [6.45, 7) is 2.05. The van der Waals surface area contributed by atoms with Gasteiger partial charge in [0, 0.05) is 33.8 Å². The van der Waals surface area contributed by atoms with Crippen LogP contribution in [0.25, 0.3) is 0 Å². The molecule has 0 fully saturated rings. The molecule has 0 aliphatic heterocycles. The van der Waals surface area contributed by atoms with E-state index in [1.165, 1.54) is 0 Å². The number of halogens is 2. The Bertz CT molecular complexity index is 682. The molecular formula is C19H23BrClNO3. The Labute approximate surface area is 162 Å². The number of ether oxygens (including phenoxy) is 2. The number of aliphatic hydroxyl groups is 1. The van der Waals surface area contributed by atoms with Gasteiger partial charge in [-0.1, -0.05) is 45.7 Å². The van der Waals surface area contributed by atoms with Crippen molar-refractivity contribution in [1.29, 1.82) is 0 Å². The van der Waals surface area contributed by atoms with Crippen molar-refractivity contribution in [1.82, 2.24) is 5.32 Å². The number of methoxy groups -OCH3 is 1. The highest BCUT2D eigenvalue weighted by Gasteiger charge is 2.15. The summed E-state index contributed by atoms with van der Waals surface area (Å²) in [6.07, 6.45) is 1.72. The molecule has 2 aromatic carbocycles. The van der Waals surface area contributed by atoms with Gasteiger partial charge in [0.15, 0.2) is 11.5 Å². The summed E-state index contributed by atoms with van der Waals surface area (Å²) in [4.78, 5) is 0. The van der Waals surface area contributed by atoms with Crippen molar-refractivity contribution < 1.29 is 14.6 Å². The smallest absolute Gasteiger partial charge is 0.167 e.